The number of carbonyl (C=O) groups is 2. The molecule has 0 aliphatic rings. The summed E-state index contributed by atoms with van der Waals surface area (Å²) in [5, 5.41) is 21.0. The first kappa shape index (κ1) is 22.4. The number of benzene rings is 2. The van der Waals surface area contributed by atoms with Gasteiger partial charge in [-0.2, -0.15) is 4.68 Å². The van der Waals surface area contributed by atoms with Gasteiger partial charge in [-0.25, -0.2) is 13.2 Å². The van der Waals surface area contributed by atoms with Crippen molar-refractivity contribution < 1.29 is 23.1 Å². The third kappa shape index (κ3) is 5.47. The van der Waals surface area contributed by atoms with E-state index in [9.17, 15) is 18.0 Å². The SMILES string of the molecule is CC(C)(Sc1nnnn1-c1ccc(C(=O)O)cc1)C(=O)c1ccc(NS(C)(=O)=O)cc1. The number of hydrogen-bond donors (Lipinski definition) is 2. The number of carbonyl (C=O) groups excluding carboxylic acids is 1. The molecular formula is C19H19N5O5S2. The number of carboxylic acids is 1. The van der Waals surface area contributed by atoms with Crippen molar-refractivity contribution in [3.8, 4) is 5.69 Å². The molecule has 0 aliphatic carbocycles. The summed E-state index contributed by atoms with van der Waals surface area (Å²) in [5.41, 5.74) is 1.45. The Labute approximate surface area is 182 Å². The average molecular weight is 462 g/mol. The van der Waals surface area contributed by atoms with Gasteiger partial charge >= 0.3 is 5.97 Å². The summed E-state index contributed by atoms with van der Waals surface area (Å²) in [7, 11) is -3.41. The molecule has 1 aromatic heterocycles. The lowest BCUT2D eigenvalue weighted by molar-refractivity contribution is 0.0696. The van der Waals surface area contributed by atoms with E-state index in [0.29, 0.717) is 22.1 Å². The molecule has 0 atom stereocenters. The van der Waals surface area contributed by atoms with Crippen molar-refractivity contribution in [3.63, 3.8) is 0 Å². The van der Waals surface area contributed by atoms with Gasteiger partial charge in [-0.1, -0.05) is 11.8 Å². The second-order valence-corrected chi connectivity index (χ2v) is 10.5. The highest BCUT2D eigenvalue weighted by Gasteiger charge is 2.32. The molecular weight excluding hydrogens is 442 g/mol. The van der Waals surface area contributed by atoms with E-state index in [2.05, 4.69) is 20.2 Å². The second-order valence-electron chi connectivity index (χ2n) is 7.12. The lowest BCUT2D eigenvalue weighted by Gasteiger charge is -2.21. The maximum atomic E-state index is 13.1. The molecule has 12 heteroatoms. The number of aromatic nitrogens is 4. The minimum Gasteiger partial charge on any atom is -0.478 e. The fourth-order valence-corrected chi connectivity index (χ4v) is 4.21. The quantitative estimate of drug-likeness (QED) is 0.382. The first-order chi connectivity index (χ1) is 14.5. The zero-order valence-electron chi connectivity index (χ0n) is 16.8. The highest BCUT2D eigenvalue weighted by molar-refractivity contribution is 8.01. The molecule has 0 saturated heterocycles. The van der Waals surface area contributed by atoms with Crippen molar-refractivity contribution in [2.75, 3.05) is 11.0 Å². The van der Waals surface area contributed by atoms with Gasteiger partial charge in [0.05, 0.1) is 22.3 Å². The zero-order chi connectivity index (χ0) is 22.8. The van der Waals surface area contributed by atoms with Crippen LogP contribution in [0.25, 0.3) is 5.69 Å². The van der Waals surface area contributed by atoms with Gasteiger partial charge in [-0.15, -0.1) is 5.10 Å². The molecule has 0 radical (unpaired) electrons. The van der Waals surface area contributed by atoms with Gasteiger partial charge < -0.3 is 5.11 Å². The minimum atomic E-state index is -3.41. The molecule has 3 rings (SSSR count). The Morgan fingerprint density at radius 1 is 1.03 bits per heavy atom. The number of anilines is 1. The predicted molar refractivity (Wildman–Crippen MR) is 115 cm³/mol. The van der Waals surface area contributed by atoms with E-state index in [1.807, 2.05) is 0 Å². The Bertz CT molecular complexity index is 1220. The molecule has 3 aromatic rings. The fourth-order valence-electron chi connectivity index (χ4n) is 2.68. The zero-order valence-corrected chi connectivity index (χ0v) is 18.4. The number of nitrogens with zero attached hydrogens (tertiary/aromatic N) is 4. The van der Waals surface area contributed by atoms with Crippen LogP contribution in [0.3, 0.4) is 0 Å². The highest BCUT2D eigenvalue weighted by Crippen LogP contribution is 2.34. The van der Waals surface area contributed by atoms with Crippen LogP contribution >= 0.6 is 11.8 Å². The number of thioether (sulfide) groups is 1. The van der Waals surface area contributed by atoms with Crippen molar-refractivity contribution in [3.05, 3.63) is 59.7 Å². The third-order valence-corrected chi connectivity index (χ3v) is 5.88. The van der Waals surface area contributed by atoms with E-state index < -0.39 is 20.7 Å². The Balaban J connectivity index is 1.80. The molecule has 0 bridgehead atoms. The average Bonchev–Trinajstić information content (AvgIpc) is 3.14. The normalized spacial score (nSPS) is 11.8. The van der Waals surface area contributed by atoms with E-state index >= 15 is 0 Å². The molecule has 0 amide bonds. The molecule has 31 heavy (non-hydrogen) atoms. The fraction of sp³-hybridized carbons (Fsp3) is 0.211. The Hall–Kier alpha value is -3.25. The number of ketones is 1. The molecule has 2 aromatic carbocycles. The van der Waals surface area contributed by atoms with Crippen molar-refractivity contribution in [2.24, 2.45) is 0 Å². The van der Waals surface area contributed by atoms with Gasteiger partial charge in [0, 0.05) is 11.3 Å². The third-order valence-electron chi connectivity index (χ3n) is 4.14. The van der Waals surface area contributed by atoms with Crippen molar-refractivity contribution in [1.29, 1.82) is 0 Å². The first-order valence-electron chi connectivity index (χ1n) is 8.90. The van der Waals surface area contributed by atoms with Gasteiger partial charge in [-0.3, -0.25) is 9.52 Å². The minimum absolute atomic E-state index is 0.135. The summed E-state index contributed by atoms with van der Waals surface area (Å²) in [5.74, 6) is -1.23. The molecule has 1 heterocycles. The van der Waals surface area contributed by atoms with Crippen LogP contribution in [0, 0.1) is 0 Å². The number of sulfonamides is 1. The smallest absolute Gasteiger partial charge is 0.335 e. The Kier molecular flexibility index (Phi) is 6.13. The lowest BCUT2D eigenvalue weighted by atomic mass is 10.0. The summed E-state index contributed by atoms with van der Waals surface area (Å²) in [6.45, 7) is 3.46. The van der Waals surface area contributed by atoms with E-state index in [1.165, 1.54) is 28.9 Å². The monoisotopic (exact) mass is 461 g/mol. The van der Waals surface area contributed by atoms with Gasteiger partial charge in [-0.05, 0) is 72.8 Å². The van der Waals surface area contributed by atoms with Gasteiger partial charge in [0.15, 0.2) is 5.78 Å². The summed E-state index contributed by atoms with van der Waals surface area (Å²) in [4.78, 5) is 24.1. The summed E-state index contributed by atoms with van der Waals surface area (Å²) < 4.78 is 25.5. The summed E-state index contributed by atoms with van der Waals surface area (Å²) in [6, 6.07) is 12.2. The standard InChI is InChI=1S/C19H19N5O5S2/c1-19(2,16(25)12-4-8-14(9-5-12)21-31(3,28)29)30-18-20-22-23-24(18)15-10-6-13(7-11-15)17(26)27/h4-11,21H,1-3H3,(H,26,27). The van der Waals surface area contributed by atoms with Crippen molar-refractivity contribution in [1.82, 2.24) is 20.2 Å². The van der Waals surface area contributed by atoms with Crippen molar-refractivity contribution in [2.45, 2.75) is 23.8 Å². The van der Waals surface area contributed by atoms with E-state index in [4.69, 9.17) is 5.11 Å². The largest absolute Gasteiger partial charge is 0.478 e. The van der Waals surface area contributed by atoms with E-state index in [1.54, 1.807) is 38.1 Å². The van der Waals surface area contributed by atoms with Crippen LogP contribution in [0.4, 0.5) is 5.69 Å². The number of hydrogen-bond acceptors (Lipinski definition) is 8. The number of rotatable bonds is 8. The van der Waals surface area contributed by atoms with Gasteiger partial charge in [0.25, 0.3) is 0 Å². The maximum absolute atomic E-state index is 13.1. The molecule has 10 nitrogen and oxygen atoms in total. The first-order valence-corrected chi connectivity index (χ1v) is 11.6. The Morgan fingerprint density at radius 2 is 1.61 bits per heavy atom. The van der Waals surface area contributed by atoms with Crippen LogP contribution in [-0.4, -0.2) is 56.5 Å². The van der Waals surface area contributed by atoms with E-state index in [0.717, 1.165) is 18.0 Å². The van der Waals surface area contributed by atoms with Crippen LogP contribution in [0.15, 0.2) is 53.7 Å². The maximum Gasteiger partial charge on any atom is 0.335 e. The lowest BCUT2D eigenvalue weighted by Crippen LogP contribution is -2.28. The second kappa shape index (κ2) is 8.47. The molecule has 0 spiro atoms. The van der Waals surface area contributed by atoms with Crippen LogP contribution < -0.4 is 4.72 Å². The molecule has 162 valence electrons. The van der Waals surface area contributed by atoms with Crippen LogP contribution in [0.1, 0.15) is 34.6 Å². The Morgan fingerprint density at radius 3 is 2.16 bits per heavy atom. The molecule has 2 N–H and O–H groups in total. The predicted octanol–water partition coefficient (Wildman–Crippen LogP) is 2.49. The molecule has 0 unspecified atom stereocenters. The van der Waals surface area contributed by atoms with Gasteiger partial charge in [0.2, 0.25) is 15.2 Å². The number of Topliss-reactive ketones (excluding diaryl/α,β-unsaturated/α-hetero) is 1. The number of carboxylic acid groups (broad SMARTS) is 1. The van der Waals surface area contributed by atoms with Crippen LogP contribution in [-0.2, 0) is 10.0 Å². The number of nitrogens with one attached hydrogen (secondary N) is 1. The highest BCUT2D eigenvalue weighted by atomic mass is 32.2. The molecule has 0 saturated carbocycles. The molecule has 0 aliphatic heterocycles. The topological polar surface area (TPSA) is 144 Å². The number of tetrazole rings is 1. The van der Waals surface area contributed by atoms with E-state index in [-0.39, 0.29) is 11.3 Å². The van der Waals surface area contributed by atoms with Crippen LogP contribution in [0.5, 0.6) is 0 Å². The van der Waals surface area contributed by atoms with Crippen LogP contribution in [0.2, 0.25) is 0 Å². The number of aromatic carboxylic acids is 1. The molecule has 0 fully saturated rings. The van der Waals surface area contributed by atoms with Crippen molar-refractivity contribution >= 4 is 39.2 Å². The summed E-state index contributed by atoms with van der Waals surface area (Å²) >= 11 is 1.15. The summed E-state index contributed by atoms with van der Waals surface area (Å²) in [6.07, 6.45) is 1.05. The van der Waals surface area contributed by atoms with Gasteiger partial charge in [0.1, 0.15) is 0 Å².